The molecule has 15 rings (SSSR count). The van der Waals surface area contributed by atoms with Crippen LogP contribution in [0.4, 0.5) is 39.8 Å². The Labute approximate surface area is 562 Å². The van der Waals surface area contributed by atoms with E-state index < -0.39 is 0 Å². The summed E-state index contributed by atoms with van der Waals surface area (Å²) in [5, 5.41) is 0. The van der Waals surface area contributed by atoms with Gasteiger partial charge in [-0.05, 0) is 165 Å². The highest BCUT2D eigenvalue weighted by atomic mass is 15.2. The third-order valence-electron chi connectivity index (χ3n) is 19.5. The standard InChI is InChI=1S/C91H76BN3/c1-89(2,3)72-40-26-38-68(50-72)78-54-70(62-32-20-13-21-33-62)52-76(64-34-22-14-23-35-64)87(78)94-82-48-44-66(60-28-16-11-17-29-60)56-80(82)92-81-57-67(61-30-18-12-19-31-61)45-49-83(81)95(85-59-74(91(7,8)9)58-84(94)86(85)92)88-77(65-36-24-15-25-37-65)53-71(63-42-46-75(93-10)47-43-63)55-79(88)69-39-27-41-73(51-69)90(4,5)6/h11-59H,1-9H3. The van der Waals surface area contributed by atoms with Crippen molar-refractivity contribution in [3.05, 3.63) is 325 Å². The molecule has 0 amide bonds. The molecule has 13 aromatic rings. The summed E-state index contributed by atoms with van der Waals surface area (Å²) in [6.45, 7) is 28.7. The molecule has 0 spiro atoms. The molecule has 458 valence electrons. The predicted molar refractivity (Wildman–Crippen MR) is 406 cm³/mol. The van der Waals surface area contributed by atoms with E-state index in [0.717, 1.165) is 118 Å². The van der Waals surface area contributed by atoms with Crippen LogP contribution in [0.2, 0.25) is 0 Å². The second-order valence-electron chi connectivity index (χ2n) is 28.8. The van der Waals surface area contributed by atoms with Crippen LogP contribution >= 0.6 is 0 Å². The van der Waals surface area contributed by atoms with E-state index in [4.69, 9.17) is 6.57 Å². The molecule has 2 aliphatic heterocycles. The third kappa shape index (κ3) is 11.2. The Balaban J connectivity index is 1.14. The van der Waals surface area contributed by atoms with Gasteiger partial charge in [-0.3, -0.25) is 0 Å². The van der Waals surface area contributed by atoms with Gasteiger partial charge in [-0.2, -0.15) is 0 Å². The Bertz CT molecular complexity index is 5100. The predicted octanol–water partition coefficient (Wildman–Crippen LogP) is 23.5. The molecule has 0 fully saturated rings. The van der Waals surface area contributed by atoms with Crippen molar-refractivity contribution in [2.45, 2.75) is 78.6 Å². The Kier molecular flexibility index (Phi) is 15.1. The maximum Gasteiger partial charge on any atom is 0.252 e. The summed E-state index contributed by atoms with van der Waals surface area (Å²) in [5.41, 5.74) is 32.4. The van der Waals surface area contributed by atoms with E-state index >= 15 is 0 Å². The van der Waals surface area contributed by atoms with E-state index in [2.05, 4.69) is 362 Å². The summed E-state index contributed by atoms with van der Waals surface area (Å²) < 4.78 is 0. The molecule has 0 saturated carbocycles. The highest BCUT2D eigenvalue weighted by molar-refractivity contribution is 7.00. The zero-order chi connectivity index (χ0) is 65.3. The van der Waals surface area contributed by atoms with Crippen LogP contribution in [0.15, 0.2) is 297 Å². The first-order chi connectivity index (χ1) is 46.0. The van der Waals surface area contributed by atoms with Crippen LogP contribution in [0, 0.1) is 6.57 Å². The normalized spacial score (nSPS) is 12.6. The molecule has 2 heterocycles. The number of nitrogens with zero attached hydrogens (tertiary/aromatic N) is 3. The maximum absolute atomic E-state index is 7.94. The molecule has 2 aliphatic rings. The van der Waals surface area contributed by atoms with Gasteiger partial charge in [0.2, 0.25) is 0 Å². The second kappa shape index (κ2) is 23.8. The first-order valence-corrected chi connectivity index (χ1v) is 33.4. The lowest BCUT2D eigenvalue weighted by Gasteiger charge is -2.46. The molecule has 0 unspecified atom stereocenters. The highest BCUT2D eigenvalue weighted by Gasteiger charge is 2.46. The molecule has 0 bridgehead atoms. The Hall–Kier alpha value is -11.0. The van der Waals surface area contributed by atoms with Crippen molar-refractivity contribution in [3.8, 4) is 89.0 Å². The molecular weight excluding hydrogens is 1150 g/mol. The summed E-state index contributed by atoms with van der Waals surface area (Å²) in [6, 6.07) is 111. The van der Waals surface area contributed by atoms with Gasteiger partial charge in [-0.25, -0.2) is 4.85 Å². The van der Waals surface area contributed by atoms with Crippen molar-refractivity contribution >= 4 is 62.9 Å². The largest absolute Gasteiger partial charge is 0.310 e. The van der Waals surface area contributed by atoms with Gasteiger partial charge in [0.1, 0.15) is 0 Å². The smallest absolute Gasteiger partial charge is 0.252 e. The molecule has 0 N–H and O–H groups in total. The molecule has 0 radical (unpaired) electrons. The van der Waals surface area contributed by atoms with Gasteiger partial charge < -0.3 is 9.80 Å². The fourth-order valence-corrected chi connectivity index (χ4v) is 14.4. The van der Waals surface area contributed by atoms with Crippen LogP contribution in [0.25, 0.3) is 93.9 Å². The topological polar surface area (TPSA) is 10.8 Å². The molecule has 0 saturated heterocycles. The van der Waals surface area contributed by atoms with Gasteiger partial charge in [0.15, 0.2) is 5.69 Å². The minimum absolute atomic E-state index is 0.114. The molecule has 0 aromatic heterocycles. The quantitative estimate of drug-likeness (QED) is 0.0998. The Morgan fingerprint density at radius 3 is 0.937 bits per heavy atom. The van der Waals surface area contributed by atoms with E-state index in [1.165, 1.54) is 38.6 Å². The third-order valence-corrected chi connectivity index (χ3v) is 19.5. The number of rotatable bonds is 10. The van der Waals surface area contributed by atoms with Gasteiger partial charge in [0, 0.05) is 45.0 Å². The molecule has 95 heavy (non-hydrogen) atoms. The zero-order valence-corrected chi connectivity index (χ0v) is 55.7. The average Bonchev–Trinajstić information content (AvgIpc) is 0.687. The molecule has 3 nitrogen and oxygen atoms in total. The van der Waals surface area contributed by atoms with E-state index in [0.29, 0.717) is 5.69 Å². The minimum Gasteiger partial charge on any atom is -0.310 e. The van der Waals surface area contributed by atoms with Gasteiger partial charge in [-0.15, -0.1) is 0 Å². The monoisotopic (exact) mass is 1220 g/mol. The number of benzene rings is 13. The van der Waals surface area contributed by atoms with Gasteiger partial charge in [0.05, 0.1) is 17.9 Å². The van der Waals surface area contributed by atoms with E-state index in [9.17, 15) is 0 Å². The van der Waals surface area contributed by atoms with Crippen LogP contribution < -0.4 is 26.2 Å². The Morgan fingerprint density at radius 2 is 0.579 bits per heavy atom. The number of fused-ring (bicyclic) bond motifs is 4. The lowest BCUT2D eigenvalue weighted by atomic mass is 9.33. The van der Waals surface area contributed by atoms with Crippen molar-refractivity contribution in [3.63, 3.8) is 0 Å². The van der Waals surface area contributed by atoms with Crippen molar-refractivity contribution in [1.29, 1.82) is 0 Å². The SMILES string of the molecule is [C-]#[N+]c1ccc(-c2cc(-c3ccccc3)c(N3c4ccc(-c5ccccc5)cc4B4c5cc(-c6ccccc6)ccc5N(c5c(-c6ccccc6)cc(-c6ccccc6)cc5-c5cccc(C(C)(C)C)c5)c5cc(C(C)(C)C)cc3c54)c(-c3cccc(C(C)(C)C)c3)c2)cc1. The average molecular weight is 1220 g/mol. The van der Waals surface area contributed by atoms with Crippen molar-refractivity contribution in [2.24, 2.45) is 0 Å². The summed E-state index contributed by atoms with van der Waals surface area (Å²) in [6.07, 6.45) is 0. The second-order valence-corrected chi connectivity index (χ2v) is 28.8. The number of hydrogen-bond donors (Lipinski definition) is 0. The van der Waals surface area contributed by atoms with Gasteiger partial charge in [0.25, 0.3) is 6.71 Å². The molecule has 0 aliphatic carbocycles. The minimum atomic E-state index is -0.315. The van der Waals surface area contributed by atoms with Crippen molar-refractivity contribution in [1.82, 2.24) is 0 Å². The molecular formula is C91H76BN3. The highest BCUT2D eigenvalue weighted by Crippen LogP contribution is 2.56. The fourth-order valence-electron chi connectivity index (χ4n) is 14.4. The van der Waals surface area contributed by atoms with E-state index in [1.807, 2.05) is 12.1 Å². The van der Waals surface area contributed by atoms with Crippen molar-refractivity contribution < 1.29 is 0 Å². The first kappa shape index (κ1) is 60.3. The van der Waals surface area contributed by atoms with E-state index in [1.54, 1.807) is 0 Å². The lowest BCUT2D eigenvalue weighted by molar-refractivity contribution is 0.590. The maximum atomic E-state index is 7.94. The number of hydrogen-bond acceptors (Lipinski definition) is 2. The summed E-state index contributed by atoms with van der Waals surface area (Å²) in [5.74, 6) is 0. The zero-order valence-electron chi connectivity index (χ0n) is 55.7. The van der Waals surface area contributed by atoms with Crippen LogP contribution in [-0.2, 0) is 16.2 Å². The van der Waals surface area contributed by atoms with Crippen LogP contribution in [-0.4, -0.2) is 6.71 Å². The first-order valence-electron chi connectivity index (χ1n) is 33.4. The molecule has 13 aromatic carbocycles. The van der Waals surface area contributed by atoms with Gasteiger partial charge >= 0.3 is 0 Å². The van der Waals surface area contributed by atoms with Gasteiger partial charge in [-0.1, -0.05) is 311 Å². The van der Waals surface area contributed by atoms with E-state index in [-0.39, 0.29) is 23.0 Å². The summed E-state index contributed by atoms with van der Waals surface area (Å²) in [7, 11) is 0. The lowest BCUT2D eigenvalue weighted by Crippen LogP contribution is -2.61. The van der Waals surface area contributed by atoms with Crippen LogP contribution in [0.5, 0.6) is 0 Å². The molecule has 4 heteroatoms. The fraction of sp³-hybridized carbons (Fsp3) is 0.132. The van der Waals surface area contributed by atoms with Crippen LogP contribution in [0.1, 0.15) is 79.0 Å². The summed E-state index contributed by atoms with van der Waals surface area (Å²) >= 11 is 0. The summed E-state index contributed by atoms with van der Waals surface area (Å²) in [4.78, 5) is 9.20. The van der Waals surface area contributed by atoms with Crippen molar-refractivity contribution in [2.75, 3.05) is 9.80 Å². The Morgan fingerprint density at radius 1 is 0.263 bits per heavy atom. The molecule has 0 atom stereocenters. The van der Waals surface area contributed by atoms with Crippen LogP contribution in [0.3, 0.4) is 0 Å². The number of anilines is 6.